The average Bonchev–Trinajstić information content (AvgIpc) is 2.97. The summed E-state index contributed by atoms with van der Waals surface area (Å²) in [5.74, 6) is 0.850. The van der Waals surface area contributed by atoms with Crippen LogP contribution in [0.3, 0.4) is 0 Å². The molecule has 0 saturated heterocycles. The smallest absolute Gasteiger partial charge is 0.141 e. The number of benzene rings is 2. The van der Waals surface area contributed by atoms with Crippen molar-refractivity contribution < 1.29 is 9.26 Å². The number of aromatic nitrogens is 1. The zero-order chi connectivity index (χ0) is 18.1. The van der Waals surface area contributed by atoms with E-state index in [1.807, 2.05) is 19.9 Å². The van der Waals surface area contributed by atoms with E-state index < -0.39 is 0 Å². The molecule has 134 valence electrons. The molecule has 0 saturated carbocycles. The number of fused-ring (bicyclic) bond motifs is 1. The number of rotatable bonds is 2. The molecular weight excluding hydrogens is 324 g/mol. The molecule has 2 heterocycles. The molecule has 3 aromatic rings. The molecule has 1 aliphatic heterocycles. The van der Waals surface area contributed by atoms with Gasteiger partial charge in [0.15, 0.2) is 0 Å². The van der Waals surface area contributed by atoms with Crippen molar-refractivity contribution in [2.24, 2.45) is 0 Å². The van der Waals surface area contributed by atoms with Crippen molar-refractivity contribution in [2.45, 2.75) is 26.5 Å². The van der Waals surface area contributed by atoms with Gasteiger partial charge < -0.3 is 9.26 Å². The minimum atomic E-state index is -0.0553. The third kappa shape index (κ3) is 3.18. The van der Waals surface area contributed by atoms with E-state index in [4.69, 9.17) is 9.26 Å². The first kappa shape index (κ1) is 17.0. The highest BCUT2D eigenvalue weighted by Crippen LogP contribution is 2.35. The Hall–Kier alpha value is -2.43. The predicted octanol–water partition coefficient (Wildman–Crippen LogP) is 4.51. The zero-order valence-corrected chi connectivity index (χ0v) is 15.5. The Morgan fingerprint density at radius 1 is 1.08 bits per heavy atom. The quantitative estimate of drug-likeness (QED) is 0.683. The van der Waals surface area contributed by atoms with Crippen molar-refractivity contribution in [3.63, 3.8) is 0 Å². The standard InChI is InChI=1S/C22H24N2O2/c1-15-21(16(2)26-23-15)18-9-10-19-14-24(3)11-12-25-22(20(19)13-18)17-7-5-4-6-8-17/h4-10,13,22H,11-12,14H2,1-3H3. The van der Waals surface area contributed by atoms with Crippen LogP contribution < -0.4 is 0 Å². The molecule has 26 heavy (non-hydrogen) atoms. The van der Waals surface area contributed by atoms with Gasteiger partial charge in [-0.1, -0.05) is 47.6 Å². The SMILES string of the molecule is Cc1noc(C)c1-c1ccc2c(c1)C(c1ccccc1)OCCN(C)C2. The molecule has 0 aliphatic carbocycles. The van der Waals surface area contributed by atoms with Crippen molar-refractivity contribution in [2.75, 3.05) is 20.2 Å². The van der Waals surface area contributed by atoms with Gasteiger partial charge in [-0.05, 0) is 49.2 Å². The number of likely N-dealkylation sites (N-methyl/N-ethyl adjacent to an activating group) is 1. The molecule has 0 spiro atoms. The van der Waals surface area contributed by atoms with E-state index in [9.17, 15) is 0 Å². The van der Waals surface area contributed by atoms with E-state index in [0.29, 0.717) is 6.61 Å². The number of ether oxygens (including phenoxy) is 1. The largest absolute Gasteiger partial charge is 0.367 e. The summed E-state index contributed by atoms with van der Waals surface area (Å²) in [6.45, 7) is 6.51. The van der Waals surface area contributed by atoms with Crippen LogP contribution in [-0.2, 0) is 11.3 Å². The monoisotopic (exact) mass is 348 g/mol. The molecule has 0 N–H and O–H groups in total. The van der Waals surface area contributed by atoms with Crippen LogP contribution in [0.25, 0.3) is 11.1 Å². The van der Waals surface area contributed by atoms with Crippen molar-refractivity contribution in [1.82, 2.24) is 10.1 Å². The molecule has 0 fully saturated rings. The van der Waals surface area contributed by atoms with Gasteiger partial charge in [0.05, 0.1) is 12.3 Å². The van der Waals surface area contributed by atoms with Crippen LogP contribution in [0, 0.1) is 13.8 Å². The third-order valence-electron chi connectivity index (χ3n) is 5.05. The fraction of sp³-hybridized carbons (Fsp3) is 0.318. The van der Waals surface area contributed by atoms with Gasteiger partial charge in [-0.25, -0.2) is 0 Å². The minimum absolute atomic E-state index is 0.0553. The van der Waals surface area contributed by atoms with E-state index in [2.05, 4.69) is 59.6 Å². The molecule has 2 aromatic carbocycles. The highest BCUT2D eigenvalue weighted by atomic mass is 16.5. The van der Waals surface area contributed by atoms with Gasteiger partial charge >= 0.3 is 0 Å². The molecule has 1 unspecified atom stereocenters. The molecule has 1 atom stereocenters. The van der Waals surface area contributed by atoms with E-state index in [0.717, 1.165) is 35.7 Å². The lowest BCUT2D eigenvalue weighted by Crippen LogP contribution is -2.27. The van der Waals surface area contributed by atoms with Gasteiger partial charge in [0.2, 0.25) is 0 Å². The molecule has 0 amide bonds. The van der Waals surface area contributed by atoms with Crippen molar-refractivity contribution in [3.8, 4) is 11.1 Å². The van der Waals surface area contributed by atoms with Crippen LogP contribution in [0.2, 0.25) is 0 Å². The van der Waals surface area contributed by atoms with Crippen LogP contribution in [0.1, 0.15) is 34.2 Å². The van der Waals surface area contributed by atoms with Gasteiger partial charge in [-0.3, -0.25) is 4.90 Å². The summed E-state index contributed by atoms with van der Waals surface area (Å²) in [7, 11) is 2.14. The van der Waals surface area contributed by atoms with Crippen LogP contribution in [0.5, 0.6) is 0 Å². The Kier molecular flexibility index (Phi) is 4.62. The first-order chi connectivity index (χ1) is 12.6. The Morgan fingerprint density at radius 3 is 2.62 bits per heavy atom. The third-order valence-corrected chi connectivity index (χ3v) is 5.05. The Morgan fingerprint density at radius 2 is 1.88 bits per heavy atom. The van der Waals surface area contributed by atoms with Crippen LogP contribution >= 0.6 is 0 Å². The van der Waals surface area contributed by atoms with E-state index >= 15 is 0 Å². The number of hydrogen-bond donors (Lipinski definition) is 0. The molecule has 0 bridgehead atoms. The molecule has 4 nitrogen and oxygen atoms in total. The summed E-state index contributed by atoms with van der Waals surface area (Å²) < 4.78 is 11.7. The van der Waals surface area contributed by atoms with Crippen molar-refractivity contribution in [1.29, 1.82) is 0 Å². The topological polar surface area (TPSA) is 38.5 Å². The Bertz CT molecular complexity index is 882. The minimum Gasteiger partial charge on any atom is -0.367 e. The lowest BCUT2D eigenvalue weighted by molar-refractivity contribution is 0.0554. The molecule has 1 aliphatic rings. The highest BCUT2D eigenvalue weighted by molar-refractivity contribution is 5.69. The Balaban J connectivity index is 1.86. The summed E-state index contributed by atoms with van der Waals surface area (Å²) in [5, 5.41) is 4.11. The van der Waals surface area contributed by atoms with E-state index in [1.54, 1.807) is 0 Å². The van der Waals surface area contributed by atoms with Gasteiger partial charge in [0, 0.05) is 18.7 Å². The molecule has 1 aromatic heterocycles. The fourth-order valence-electron chi connectivity index (χ4n) is 3.72. The summed E-state index contributed by atoms with van der Waals surface area (Å²) in [4.78, 5) is 2.30. The summed E-state index contributed by atoms with van der Waals surface area (Å²) in [6.07, 6.45) is -0.0553. The zero-order valence-electron chi connectivity index (χ0n) is 15.5. The average molecular weight is 348 g/mol. The number of nitrogens with zero attached hydrogens (tertiary/aromatic N) is 2. The molecule has 0 radical (unpaired) electrons. The van der Waals surface area contributed by atoms with Crippen LogP contribution in [0.15, 0.2) is 53.1 Å². The lowest BCUT2D eigenvalue weighted by Gasteiger charge is -2.29. The van der Waals surface area contributed by atoms with E-state index in [1.165, 1.54) is 16.7 Å². The maximum absolute atomic E-state index is 6.32. The van der Waals surface area contributed by atoms with Gasteiger partial charge in [0.25, 0.3) is 0 Å². The van der Waals surface area contributed by atoms with Crippen LogP contribution in [-0.4, -0.2) is 30.3 Å². The van der Waals surface area contributed by atoms with Crippen LogP contribution in [0.4, 0.5) is 0 Å². The number of aryl methyl sites for hydroxylation is 2. The normalized spacial score (nSPS) is 18.2. The summed E-state index contributed by atoms with van der Waals surface area (Å²) in [6, 6.07) is 17.1. The Labute approximate surface area is 154 Å². The fourth-order valence-corrected chi connectivity index (χ4v) is 3.72. The van der Waals surface area contributed by atoms with Gasteiger partial charge in [0.1, 0.15) is 11.9 Å². The summed E-state index contributed by atoms with van der Waals surface area (Å²) >= 11 is 0. The van der Waals surface area contributed by atoms with Gasteiger partial charge in [-0.2, -0.15) is 0 Å². The maximum Gasteiger partial charge on any atom is 0.141 e. The predicted molar refractivity (Wildman–Crippen MR) is 102 cm³/mol. The first-order valence-electron chi connectivity index (χ1n) is 9.04. The molecule has 4 heteroatoms. The van der Waals surface area contributed by atoms with Crippen molar-refractivity contribution >= 4 is 0 Å². The second kappa shape index (κ2) is 7.06. The lowest BCUT2D eigenvalue weighted by atomic mass is 9.91. The van der Waals surface area contributed by atoms with Gasteiger partial charge in [-0.15, -0.1) is 0 Å². The van der Waals surface area contributed by atoms with Crippen molar-refractivity contribution in [3.05, 3.63) is 76.7 Å². The molecular formula is C22H24N2O2. The molecule has 4 rings (SSSR count). The highest BCUT2D eigenvalue weighted by Gasteiger charge is 2.23. The number of hydrogen-bond acceptors (Lipinski definition) is 4. The first-order valence-corrected chi connectivity index (χ1v) is 9.04. The second-order valence-electron chi connectivity index (χ2n) is 7.01. The van der Waals surface area contributed by atoms with E-state index in [-0.39, 0.29) is 6.10 Å². The summed E-state index contributed by atoms with van der Waals surface area (Å²) in [5.41, 5.74) is 6.84. The maximum atomic E-state index is 6.32. The second-order valence-corrected chi connectivity index (χ2v) is 7.01.